The van der Waals surface area contributed by atoms with E-state index in [1.54, 1.807) is 13.3 Å². The molecule has 4 rings (SSSR count). The van der Waals surface area contributed by atoms with Crippen LogP contribution < -0.4 is 9.64 Å². The van der Waals surface area contributed by atoms with E-state index in [4.69, 9.17) is 9.84 Å². The third-order valence-corrected chi connectivity index (χ3v) is 5.53. The van der Waals surface area contributed by atoms with Gasteiger partial charge in [0.25, 0.3) is 0 Å². The highest BCUT2D eigenvalue weighted by molar-refractivity contribution is 9.10. The number of aromatic nitrogens is 3. The topological polar surface area (TPSA) is 83.7 Å². The van der Waals surface area contributed by atoms with Gasteiger partial charge in [-0.25, -0.2) is 14.5 Å². The van der Waals surface area contributed by atoms with Crippen LogP contribution in [0.15, 0.2) is 41.1 Å². The van der Waals surface area contributed by atoms with E-state index >= 15 is 0 Å². The van der Waals surface area contributed by atoms with Crippen molar-refractivity contribution in [2.75, 3.05) is 38.2 Å². The Hall–Kier alpha value is -2.81. The smallest absolute Gasteiger partial charge is 0.407 e. The first kappa shape index (κ1) is 18.5. The molecule has 1 aromatic carbocycles. The molecule has 1 aliphatic rings. The Morgan fingerprint density at radius 1 is 1.18 bits per heavy atom. The van der Waals surface area contributed by atoms with Crippen molar-refractivity contribution in [2.45, 2.75) is 6.54 Å². The maximum atomic E-state index is 11.2. The number of amides is 1. The van der Waals surface area contributed by atoms with E-state index in [2.05, 4.69) is 30.9 Å². The second kappa shape index (κ2) is 7.67. The number of benzene rings is 1. The molecular weight excluding hydrogens is 426 g/mol. The first-order chi connectivity index (χ1) is 13.6. The Kier molecular flexibility index (Phi) is 5.08. The second-order valence-corrected chi connectivity index (χ2v) is 7.45. The molecule has 1 fully saturated rings. The van der Waals surface area contributed by atoms with Crippen molar-refractivity contribution in [1.29, 1.82) is 0 Å². The van der Waals surface area contributed by atoms with Crippen molar-refractivity contribution in [1.82, 2.24) is 19.7 Å². The summed E-state index contributed by atoms with van der Waals surface area (Å²) in [5.41, 5.74) is 2.91. The molecule has 9 heteroatoms. The average molecular weight is 446 g/mol. The number of fused-ring (bicyclic) bond motifs is 1. The number of carboxylic acid groups (broad SMARTS) is 1. The van der Waals surface area contributed by atoms with Crippen LogP contribution in [0.2, 0.25) is 0 Å². The summed E-state index contributed by atoms with van der Waals surface area (Å²) in [5.74, 6) is 0.818. The zero-order chi connectivity index (χ0) is 19.7. The lowest BCUT2D eigenvalue weighted by Crippen LogP contribution is -2.48. The SMILES string of the molecule is COc1ccc(Cn2ncc3c(N4CCN(C(=O)O)CC4)c(Br)cnc32)cc1. The number of pyridine rings is 1. The monoisotopic (exact) mass is 445 g/mol. The van der Waals surface area contributed by atoms with Gasteiger partial charge >= 0.3 is 6.09 Å². The van der Waals surface area contributed by atoms with E-state index in [9.17, 15) is 4.79 Å². The van der Waals surface area contributed by atoms with Crippen molar-refractivity contribution < 1.29 is 14.6 Å². The number of rotatable bonds is 4. The standard InChI is InChI=1S/C19H20BrN5O3/c1-28-14-4-2-13(3-5-14)12-25-18-15(10-22-25)17(16(20)11-21-18)23-6-8-24(9-7-23)19(26)27/h2-5,10-11H,6-9,12H2,1H3,(H,26,27). The van der Waals surface area contributed by atoms with Crippen LogP contribution in [0.4, 0.5) is 10.5 Å². The molecule has 0 atom stereocenters. The van der Waals surface area contributed by atoms with Gasteiger partial charge in [0.15, 0.2) is 5.65 Å². The first-order valence-corrected chi connectivity index (χ1v) is 9.72. The second-order valence-electron chi connectivity index (χ2n) is 6.60. The normalized spacial score (nSPS) is 14.5. The van der Waals surface area contributed by atoms with E-state index in [0.717, 1.165) is 32.5 Å². The van der Waals surface area contributed by atoms with E-state index in [-0.39, 0.29) is 0 Å². The maximum Gasteiger partial charge on any atom is 0.407 e. The van der Waals surface area contributed by atoms with Gasteiger partial charge in [-0.3, -0.25) is 0 Å². The number of ether oxygens (including phenoxy) is 1. The predicted octanol–water partition coefficient (Wildman–Crippen LogP) is 3.05. The highest BCUT2D eigenvalue weighted by Crippen LogP contribution is 2.34. The lowest BCUT2D eigenvalue weighted by molar-refractivity contribution is 0.142. The summed E-state index contributed by atoms with van der Waals surface area (Å²) in [7, 11) is 1.65. The van der Waals surface area contributed by atoms with Gasteiger partial charge in [0.2, 0.25) is 0 Å². The molecule has 3 heterocycles. The number of anilines is 1. The van der Waals surface area contributed by atoms with Crippen LogP contribution in [0.25, 0.3) is 11.0 Å². The number of hydrogen-bond acceptors (Lipinski definition) is 5. The van der Waals surface area contributed by atoms with E-state index in [1.807, 2.05) is 35.1 Å². The molecule has 1 amide bonds. The fraction of sp³-hybridized carbons (Fsp3) is 0.316. The molecule has 0 radical (unpaired) electrons. The Labute approximate surface area is 170 Å². The van der Waals surface area contributed by atoms with Crippen molar-refractivity contribution in [3.63, 3.8) is 0 Å². The van der Waals surface area contributed by atoms with Gasteiger partial charge in [-0.2, -0.15) is 5.10 Å². The van der Waals surface area contributed by atoms with Gasteiger partial charge in [-0.05, 0) is 33.6 Å². The van der Waals surface area contributed by atoms with Gasteiger partial charge in [0, 0.05) is 32.4 Å². The van der Waals surface area contributed by atoms with Gasteiger partial charge in [0.1, 0.15) is 5.75 Å². The number of halogens is 1. The molecule has 0 spiro atoms. The van der Waals surface area contributed by atoms with Crippen molar-refractivity contribution >= 4 is 38.7 Å². The Balaban J connectivity index is 1.62. The zero-order valence-corrected chi connectivity index (χ0v) is 17.0. The molecule has 2 aromatic heterocycles. The Bertz CT molecular complexity index is 997. The van der Waals surface area contributed by atoms with Crippen LogP contribution in [-0.4, -0.2) is 64.2 Å². The number of nitrogens with zero attached hydrogens (tertiary/aromatic N) is 5. The molecule has 1 saturated heterocycles. The summed E-state index contributed by atoms with van der Waals surface area (Å²) in [6.45, 7) is 2.83. The lowest BCUT2D eigenvalue weighted by atomic mass is 10.2. The maximum absolute atomic E-state index is 11.2. The lowest BCUT2D eigenvalue weighted by Gasteiger charge is -2.35. The summed E-state index contributed by atoms with van der Waals surface area (Å²) >= 11 is 3.60. The van der Waals surface area contributed by atoms with Gasteiger partial charge in [-0.15, -0.1) is 0 Å². The minimum absolute atomic E-state index is 0.478. The molecule has 0 saturated carbocycles. The van der Waals surface area contributed by atoms with E-state index in [1.165, 1.54) is 4.90 Å². The minimum atomic E-state index is -0.870. The van der Waals surface area contributed by atoms with Crippen molar-refractivity contribution in [3.05, 3.63) is 46.7 Å². The molecule has 0 bridgehead atoms. The van der Waals surface area contributed by atoms with E-state index < -0.39 is 6.09 Å². The zero-order valence-electron chi connectivity index (χ0n) is 15.4. The highest BCUT2D eigenvalue weighted by Gasteiger charge is 2.24. The van der Waals surface area contributed by atoms with Crippen LogP contribution in [0.5, 0.6) is 5.75 Å². The van der Waals surface area contributed by atoms with Gasteiger partial charge in [0.05, 0.1) is 35.4 Å². The molecule has 0 unspecified atom stereocenters. The molecule has 28 heavy (non-hydrogen) atoms. The molecule has 1 N–H and O–H groups in total. The first-order valence-electron chi connectivity index (χ1n) is 8.92. The van der Waals surface area contributed by atoms with Crippen LogP contribution in [-0.2, 0) is 6.54 Å². The van der Waals surface area contributed by atoms with Crippen molar-refractivity contribution in [2.24, 2.45) is 0 Å². The molecule has 8 nitrogen and oxygen atoms in total. The molecule has 3 aromatic rings. The summed E-state index contributed by atoms with van der Waals surface area (Å²) in [6, 6.07) is 7.88. The number of methoxy groups -OCH3 is 1. The molecule has 0 aliphatic carbocycles. The molecule has 146 valence electrons. The number of piperazine rings is 1. The molecular formula is C19H20BrN5O3. The third kappa shape index (κ3) is 3.49. The Morgan fingerprint density at radius 3 is 2.54 bits per heavy atom. The quantitative estimate of drug-likeness (QED) is 0.664. The van der Waals surface area contributed by atoms with Gasteiger partial charge < -0.3 is 19.6 Å². The summed E-state index contributed by atoms with van der Waals surface area (Å²) in [4.78, 5) is 19.4. The van der Waals surface area contributed by atoms with Crippen LogP contribution in [0.1, 0.15) is 5.56 Å². The van der Waals surface area contributed by atoms with Crippen molar-refractivity contribution in [3.8, 4) is 5.75 Å². The molecule has 1 aliphatic heterocycles. The third-order valence-electron chi connectivity index (χ3n) is 4.95. The fourth-order valence-corrected chi connectivity index (χ4v) is 4.02. The summed E-state index contributed by atoms with van der Waals surface area (Å²) in [5, 5.41) is 14.7. The summed E-state index contributed by atoms with van der Waals surface area (Å²) in [6.07, 6.45) is 2.74. The highest BCUT2D eigenvalue weighted by atomic mass is 79.9. The largest absolute Gasteiger partial charge is 0.497 e. The number of hydrogen-bond donors (Lipinski definition) is 1. The fourth-order valence-electron chi connectivity index (χ4n) is 3.45. The van der Waals surface area contributed by atoms with Crippen LogP contribution in [0, 0.1) is 0 Å². The van der Waals surface area contributed by atoms with Crippen LogP contribution >= 0.6 is 15.9 Å². The Morgan fingerprint density at radius 2 is 1.89 bits per heavy atom. The predicted molar refractivity (Wildman–Crippen MR) is 109 cm³/mol. The minimum Gasteiger partial charge on any atom is -0.497 e. The van der Waals surface area contributed by atoms with Crippen LogP contribution in [0.3, 0.4) is 0 Å². The number of carbonyl (C=O) groups is 1. The average Bonchev–Trinajstić information content (AvgIpc) is 3.11. The van der Waals surface area contributed by atoms with E-state index in [0.29, 0.717) is 32.7 Å². The summed E-state index contributed by atoms with van der Waals surface area (Å²) < 4.78 is 7.97. The van der Waals surface area contributed by atoms with Gasteiger partial charge in [-0.1, -0.05) is 12.1 Å².